The lowest BCUT2D eigenvalue weighted by Gasteiger charge is -2.32. The topological polar surface area (TPSA) is 27.3 Å². The molecule has 3 aliphatic rings. The highest BCUT2D eigenvalue weighted by atomic mass is 15.2. The van der Waals surface area contributed by atoms with Crippen molar-refractivity contribution in [3.8, 4) is 0 Å². The van der Waals surface area contributed by atoms with Gasteiger partial charge in [-0.3, -0.25) is 4.90 Å². The third-order valence-corrected chi connectivity index (χ3v) is 4.90. The van der Waals surface area contributed by atoms with Gasteiger partial charge in [-0.1, -0.05) is 26.7 Å². The number of piperazine rings is 1. The van der Waals surface area contributed by atoms with E-state index in [9.17, 15) is 0 Å². The highest BCUT2D eigenvalue weighted by Gasteiger charge is 2.23. The quantitative estimate of drug-likeness (QED) is 0.803. The Balaban J connectivity index is 0.000000148. The third-order valence-electron chi connectivity index (χ3n) is 4.90. The summed E-state index contributed by atoms with van der Waals surface area (Å²) in [4.78, 5) is 2.67. The average molecular weight is 267 g/mol. The molecular formula is C16H33N3. The van der Waals surface area contributed by atoms with E-state index in [1.54, 1.807) is 0 Å². The van der Waals surface area contributed by atoms with Crippen LogP contribution < -0.4 is 10.6 Å². The van der Waals surface area contributed by atoms with E-state index in [4.69, 9.17) is 0 Å². The molecule has 2 N–H and O–H groups in total. The fraction of sp³-hybridized carbons (Fsp3) is 1.00. The van der Waals surface area contributed by atoms with Gasteiger partial charge in [0.2, 0.25) is 0 Å². The number of hydrogen-bond acceptors (Lipinski definition) is 3. The van der Waals surface area contributed by atoms with Crippen LogP contribution in [0.1, 0.15) is 52.4 Å². The van der Waals surface area contributed by atoms with Crippen molar-refractivity contribution in [2.75, 3.05) is 32.7 Å². The zero-order valence-corrected chi connectivity index (χ0v) is 13.0. The summed E-state index contributed by atoms with van der Waals surface area (Å²) < 4.78 is 0. The van der Waals surface area contributed by atoms with Gasteiger partial charge in [0.25, 0.3) is 0 Å². The van der Waals surface area contributed by atoms with Crippen LogP contribution in [0.4, 0.5) is 0 Å². The second-order valence-corrected chi connectivity index (χ2v) is 6.67. The van der Waals surface area contributed by atoms with Crippen LogP contribution in [0, 0.1) is 5.92 Å². The van der Waals surface area contributed by atoms with Crippen LogP contribution in [-0.4, -0.2) is 49.7 Å². The molecule has 0 amide bonds. The molecule has 3 rings (SSSR count). The van der Waals surface area contributed by atoms with Gasteiger partial charge in [-0.25, -0.2) is 0 Å². The molecule has 3 heteroatoms. The summed E-state index contributed by atoms with van der Waals surface area (Å²) in [6.45, 7) is 10.8. The first-order valence-corrected chi connectivity index (χ1v) is 8.45. The van der Waals surface area contributed by atoms with Gasteiger partial charge in [-0.15, -0.1) is 0 Å². The summed E-state index contributed by atoms with van der Waals surface area (Å²) in [7, 11) is 0. The average Bonchev–Trinajstić information content (AvgIpc) is 3.14. The van der Waals surface area contributed by atoms with E-state index < -0.39 is 0 Å². The first-order valence-electron chi connectivity index (χ1n) is 8.45. The minimum atomic E-state index is 0.815. The van der Waals surface area contributed by atoms with Crippen molar-refractivity contribution >= 4 is 0 Å². The second-order valence-electron chi connectivity index (χ2n) is 6.67. The summed E-state index contributed by atoms with van der Waals surface area (Å²) in [5, 5.41) is 6.85. The summed E-state index contributed by atoms with van der Waals surface area (Å²) in [5.41, 5.74) is 0. The predicted octanol–water partition coefficient (Wildman–Crippen LogP) is 2.23. The lowest BCUT2D eigenvalue weighted by Crippen LogP contribution is -2.47. The molecule has 0 aromatic rings. The zero-order valence-electron chi connectivity index (χ0n) is 13.0. The van der Waals surface area contributed by atoms with Crippen LogP contribution in [0.25, 0.3) is 0 Å². The van der Waals surface area contributed by atoms with Crippen LogP contribution in [-0.2, 0) is 0 Å². The van der Waals surface area contributed by atoms with Crippen LogP contribution in [0.3, 0.4) is 0 Å². The highest BCUT2D eigenvalue weighted by molar-refractivity contribution is 4.80. The van der Waals surface area contributed by atoms with Crippen molar-refractivity contribution in [1.29, 1.82) is 0 Å². The SMILES string of the molecule is C1CCC(N2CCNCC2)C1.CC(C)C1CCCN1. The summed E-state index contributed by atoms with van der Waals surface area (Å²) >= 11 is 0. The molecule has 0 bridgehead atoms. The van der Waals surface area contributed by atoms with E-state index >= 15 is 0 Å². The Morgan fingerprint density at radius 2 is 1.58 bits per heavy atom. The molecule has 1 unspecified atom stereocenters. The molecule has 3 nitrogen and oxygen atoms in total. The smallest absolute Gasteiger partial charge is 0.0110 e. The van der Waals surface area contributed by atoms with Crippen molar-refractivity contribution < 1.29 is 0 Å². The normalized spacial score (nSPS) is 29.5. The summed E-state index contributed by atoms with van der Waals surface area (Å²) in [6.07, 6.45) is 8.61. The molecule has 2 heterocycles. The van der Waals surface area contributed by atoms with Crippen molar-refractivity contribution in [2.45, 2.75) is 64.5 Å². The van der Waals surface area contributed by atoms with Crippen LogP contribution >= 0.6 is 0 Å². The molecule has 19 heavy (non-hydrogen) atoms. The van der Waals surface area contributed by atoms with Gasteiger partial charge in [0, 0.05) is 38.3 Å². The van der Waals surface area contributed by atoms with E-state index in [2.05, 4.69) is 29.4 Å². The maximum absolute atomic E-state index is 3.46. The third kappa shape index (κ3) is 5.05. The molecule has 112 valence electrons. The van der Waals surface area contributed by atoms with E-state index in [1.807, 2.05) is 0 Å². The molecule has 0 spiro atoms. The first kappa shape index (κ1) is 15.3. The minimum absolute atomic E-state index is 0.815. The Morgan fingerprint density at radius 1 is 0.895 bits per heavy atom. The summed E-state index contributed by atoms with van der Waals surface area (Å²) in [6, 6.07) is 1.76. The Morgan fingerprint density at radius 3 is 2.05 bits per heavy atom. The van der Waals surface area contributed by atoms with Crippen molar-refractivity contribution in [3.63, 3.8) is 0 Å². The van der Waals surface area contributed by atoms with Gasteiger partial charge in [-0.05, 0) is 38.1 Å². The Bertz CT molecular complexity index is 224. The minimum Gasteiger partial charge on any atom is -0.314 e. The molecule has 2 aliphatic heterocycles. The van der Waals surface area contributed by atoms with Gasteiger partial charge in [-0.2, -0.15) is 0 Å². The molecule has 3 fully saturated rings. The number of nitrogens with one attached hydrogen (secondary N) is 2. The molecule has 1 aliphatic carbocycles. The zero-order chi connectivity index (χ0) is 13.5. The lowest BCUT2D eigenvalue weighted by molar-refractivity contribution is 0.175. The van der Waals surface area contributed by atoms with Gasteiger partial charge < -0.3 is 10.6 Å². The monoisotopic (exact) mass is 267 g/mol. The molecule has 0 aromatic carbocycles. The van der Waals surface area contributed by atoms with Gasteiger partial charge in [0.05, 0.1) is 0 Å². The van der Waals surface area contributed by atoms with E-state index in [1.165, 1.54) is 71.2 Å². The second kappa shape index (κ2) is 8.23. The number of hydrogen-bond donors (Lipinski definition) is 2. The van der Waals surface area contributed by atoms with Crippen LogP contribution in [0.2, 0.25) is 0 Å². The van der Waals surface area contributed by atoms with Crippen LogP contribution in [0.5, 0.6) is 0 Å². The lowest BCUT2D eigenvalue weighted by atomic mass is 10.0. The van der Waals surface area contributed by atoms with E-state index in [0.29, 0.717) is 0 Å². The standard InChI is InChI=1S/C9H18N2.C7H15N/c1-2-4-9(3-1)11-7-5-10-6-8-11;1-6(2)7-4-3-5-8-7/h9-10H,1-8H2;6-8H,3-5H2,1-2H3. The fourth-order valence-electron chi connectivity index (χ4n) is 3.60. The van der Waals surface area contributed by atoms with Crippen molar-refractivity contribution in [1.82, 2.24) is 15.5 Å². The maximum atomic E-state index is 3.46. The molecule has 1 atom stereocenters. The summed E-state index contributed by atoms with van der Waals surface area (Å²) in [5.74, 6) is 0.831. The molecule has 0 radical (unpaired) electrons. The predicted molar refractivity (Wildman–Crippen MR) is 82.6 cm³/mol. The van der Waals surface area contributed by atoms with Gasteiger partial charge >= 0.3 is 0 Å². The van der Waals surface area contributed by atoms with Crippen molar-refractivity contribution in [2.24, 2.45) is 5.92 Å². The van der Waals surface area contributed by atoms with E-state index in [-0.39, 0.29) is 0 Å². The van der Waals surface area contributed by atoms with Gasteiger partial charge in [0.15, 0.2) is 0 Å². The first-order chi connectivity index (χ1) is 9.27. The largest absolute Gasteiger partial charge is 0.314 e. The highest BCUT2D eigenvalue weighted by Crippen LogP contribution is 2.23. The fourth-order valence-corrected chi connectivity index (χ4v) is 3.60. The number of nitrogens with zero attached hydrogens (tertiary/aromatic N) is 1. The van der Waals surface area contributed by atoms with Gasteiger partial charge in [0.1, 0.15) is 0 Å². The number of rotatable bonds is 2. The van der Waals surface area contributed by atoms with Crippen LogP contribution in [0.15, 0.2) is 0 Å². The molecule has 2 saturated heterocycles. The molecule has 1 saturated carbocycles. The van der Waals surface area contributed by atoms with Crippen molar-refractivity contribution in [3.05, 3.63) is 0 Å². The Kier molecular flexibility index (Phi) is 6.62. The van der Waals surface area contributed by atoms with E-state index in [0.717, 1.165) is 18.0 Å². The molecule has 0 aromatic heterocycles. The maximum Gasteiger partial charge on any atom is 0.0110 e. The Hall–Kier alpha value is -0.120. The molecular weight excluding hydrogens is 234 g/mol. The Labute approximate surface area is 119 Å².